The van der Waals surface area contributed by atoms with Gasteiger partial charge in [0.05, 0.1) is 13.2 Å². The Hall–Kier alpha value is -2.24. The van der Waals surface area contributed by atoms with Gasteiger partial charge in [0.1, 0.15) is 5.75 Å². The lowest BCUT2D eigenvalue weighted by atomic mass is 10.2. The molecule has 1 aromatic rings. The Morgan fingerprint density at radius 2 is 2.11 bits per heavy atom. The standard InChI is InChI=1S/C12H15N3O3/c1-18-10-4-2-8(3-5-10)14-12(17)15-9-6-11(16)13-7-9/h2-5,9H,6-7H2,1H3,(H,13,16)(H2,14,15,17)/t9-/m1/s1. The summed E-state index contributed by atoms with van der Waals surface area (Å²) >= 11 is 0. The smallest absolute Gasteiger partial charge is 0.319 e. The Bertz CT molecular complexity index is 444. The number of rotatable bonds is 3. The fourth-order valence-electron chi connectivity index (χ4n) is 1.73. The van der Waals surface area contributed by atoms with Gasteiger partial charge in [-0.2, -0.15) is 0 Å². The fourth-order valence-corrected chi connectivity index (χ4v) is 1.73. The van der Waals surface area contributed by atoms with E-state index in [0.29, 0.717) is 18.7 Å². The minimum absolute atomic E-state index is 0.0373. The van der Waals surface area contributed by atoms with E-state index < -0.39 is 0 Å². The summed E-state index contributed by atoms with van der Waals surface area (Å²) in [5.74, 6) is 0.691. The summed E-state index contributed by atoms with van der Waals surface area (Å²) < 4.78 is 5.02. The zero-order valence-corrected chi connectivity index (χ0v) is 10.0. The highest BCUT2D eigenvalue weighted by atomic mass is 16.5. The molecule has 0 bridgehead atoms. The zero-order valence-electron chi connectivity index (χ0n) is 10.0. The summed E-state index contributed by atoms with van der Waals surface area (Å²) in [4.78, 5) is 22.6. The molecule has 1 aliphatic rings. The minimum Gasteiger partial charge on any atom is -0.497 e. The van der Waals surface area contributed by atoms with Crippen molar-refractivity contribution in [2.45, 2.75) is 12.5 Å². The van der Waals surface area contributed by atoms with Crippen molar-refractivity contribution in [3.05, 3.63) is 24.3 Å². The Morgan fingerprint density at radius 3 is 2.67 bits per heavy atom. The second-order valence-corrected chi connectivity index (χ2v) is 4.03. The summed E-state index contributed by atoms with van der Waals surface area (Å²) in [6, 6.07) is 6.55. The first-order valence-electron chi connectivity index (χ1n) is 5.65. The molecule has 6 nitrogen and oxygen atoms in total. The van der Waals surface area contributed by atoms with Crippen LogP contribution in [-0.4, -0.2) is 31.6 Å². The van der Waals surface area contributed by atoms with Crippen LogP contribution < -0.4 is 20.7 Å². The van der Waals surface area contributed by atoms with E-state index in [1.54, 1.807) is 31.4 Å². The van der Waals surface area contributed by atoms with Crippen molar-refractivity contribution >= 4 is 17.6 Å². The van der Waals surface area contributed by atoms with Crippen LogP contribution in [0.15, 0.2) is 24.3 Å². The van der Waals surface area contributed by atoms with Gasteiger partial charge < -0.3 is 20.7 Å². The van der Waals surface area contributed by atoms with Crippen LogP contribution in [0.3, 0.4) is 0 Å². The molecular weight excluding hydrogens is 234 g/mol. The molecule has 1 aliphatic heterocycles. The van der Waals surface area contributed by atoms with Crippen LogP contribution in [0.25, 0.3) is 0 Å². The largest absolute Gasteiger partial charge is 0.497 e. The first-order valence-corrected chi connectivity index (χ1v) is 5.65. The van der Waals surface area contributed by atoms with E-state index in [9.17, 15) is 9.59 Å². The lowest BCUT2D eigenvalue weighted by Gasteiger charge is -2.11. The molecule has 1 fully saturated rings. The molecular formula is C12H15N3O3. The third-order valence-electron chi connectivity index (χ3n) is 2.66. The average Bonchev–Trinajstić information content (AvgIpc) is 2.75. The molecule has 0 aromatic heterocycles. The Labute approximate surface area is 105 Å². The van der Waals surface area contributed by atoms with Crippen LogP contribution in [0.5, 0.6) is 5.75 Å². The van der Waals surface area contributed by atoms with Crippen molar-refractivity contribution in [1.82, 2.24) is 10.6 Å². The maximum atomic E-state index is 11.6. The van der Waals surface area contributed by atoms with Gasteiger partial charge in [0, 0.05) is 18.7 Å². The molecule has 0 radical (unpaired) electrons. The van der Waals surface area contributed by atoms with Gasteiger partial charge in [-0.3, -0.25) is 4.79 Å². The predicted octanol–water partition coefficient (Wildman–Crippen LogP) is 0.705. The normalized spacial score (nSPS) is 18.1. The highest BCUT2D eigenvalue weighted by molar-refractivity contribution is 5.90. The quantitative estimate of drug-likeness (QED) is 0.738. The molecule has 3 N–H and O–H groups in total. The van der Waals surface area contributed by atoms with Crippen LogP contribution in [0.4, 0.5) is 10.5 Å². The minimum atomic E-state index is -0.318. The lowest BCUT2D eigenvalue weighted by Crippen LogP contribution is -2.39. The lowest BCUT2D eigenvalue weighted by molar-refractivity contribution is -0.119. The summed E-state index contributed by atoms with van der Waals surface area (Å²) in [6.45, 7) is 0.481. The van der Waals surface area contributed by atoms with Gasteiger partial charge in [-0.05, 0) is 24.3 Å². The van der Waals surface area contributed by atoms with E-state index >= 15 is 0 Å². The number of hydrogen-bond donors (Lipinski definition) is 3. The van der Waals surface area contributed by atoms with E-state index in [2.05, 4.69) is 16.0 Å². The molecule has 18 heavy (non-hydrogen) atoms. The zero-order chi connectivity index (χ0) is 13.0. The number of hydrogen-bond acceptors (Lipinski definition) is 3. The molecule has 1 saturated heterocycles. The Kier molecular flexibility index (Phi) is 3.66. The summed E-state index contributed by atoms with van der Waals surface area (Å²) in [5.41, 5.74) is 0.672. The maximum Gasteiger partial charge on any atom is 0.319 e. The molecule has 1 atom stereocenters. The van der Waals surface area contributed by atoms with Crippen molar-refractivity contribution in [1.29, 1.82) is 0 Å². The van der Waals surface area contributed by atoms with Crippen LogP contribution in [0.2, 0.25) is 0 Å². The molecule has 96 valence electrons. The van der Waals surface area contributed by atoms with Gasteiger partial charge in [-0.25, -0.2) is 4.79 Å². The van der Waals surface area contributed by atoms with Crippen molar-refractivity contribution in [2.75, 3.05) is 19.0 Å². The molecule has 3 amide bonds. The van der Waals surface area contributed by atoms with Gasteiger partial charge in [0.15, 0.2) is 0 Å². The SMILES string of the molecule is COc1ccc(NC(=O)N[C@H]2CNC(=O)C2)cc1. The van der Waals surface area contributed by atoms with Crippen molar-refractivity contribution in [3.63, 3.8) is 0 Å². The molecule has 0 saturated carbocycles. The number of methoxy groups -OCH3 is 1. The predicted molar refractivity (Wildman–Crippen MR) is 66.6 cm³/mol. The summed E-state index contributed by atoms with van der Waals surface area (Å²) in [6.07, 6.45) is 0.329. The third-order valence-corrected chi connectivity index (χ3v) is 2.66. The van der Waals surface area contributed by atoms with E-state index in [1.807, 2.05) is 0 Å². The number of urea groups is 1. The van der Waals surface area contributed by atoms with Crippen LogP contribution in [-0.2, 0) is 4.79 Å². The van der Waals surface area contributed by atoms with Crippen molar-refractivity contribution in [3.8, 4) is 5.75 Å². The molecule has 1 heterocycles. The molecule has 6 heteroatoms. The molecule has 1 aromatic carbocycles. The number of anilines is 1. The first kappa shape index (κ1) is 12.2. The van der Waals surface area contributed by atoms with Crippen molar-refractivity contribution < 1.29 is 14.3 Å². The number of carbonyl (C=O) groups is 2. The third kappa shape index (κ3) is 3.13. The molecule has 0 aliphatic carbocycles. The number of benzene rings is 1. The number of ether oxygens (including phenoxy) is 1. The molecule has 0 spiro atoms. The van der Waals surface area contributed by atoms with E-state index in [-0.39, 0.29) is 18.0 Å². The topological polar surface area (TPSA) is 79.5 Å². The molecule has 0 unspecified atom stereocenters. The van der Waals surface area contributed by atoms with E-state index in [4.69, 9.17) is 4.74 Å². The fraction of sp³-hybridized carbons (Fsp3) is 0.333. The molecule has 2 rings (SSSR count). The van der Waals surface area contributed by atoms with Crippen LogP contribution in [0.1, 0.15) is 6.42 Å². The number of amides is 3. The Morgan fingerprint density at radius 1 is 1.39 bits per heavy atom. The summed E-state index contributed by atoms with van der Waals surface area (Å²) in [7, 11) is 1.58. The number of nitrogens with one attached hydrogen (secondary N) is 3. The van der Waals surface area contributed by atoms with Crippen LogP contribution >= 0.6 is 0 Å². The van der Waals surface area contributed by atoms with Gasteiger partial charge in [0.25, 0.3) is 0 Å². The monoisotopic (exact) mass is 249 g/mol. The second-order valence-electron chi connectivity index (χ2n) is 4.03. The van der Waals surface area contributed by atoms with Crippen molar-refractivity contribution in [2.24, 2.45) is 0 Å². The highest BCUT2D eigenvalue weighted by Gasteiger charge is 2.22. The number of carbonyl (C=O) groups excluding carboxylic acids is 2. The first-order chi connectivity index (χ1) is 8.67. The van der Waals surface area contributed by atoms with Gasteiger partial charge in [0.2, 0.25) is 5.91 Å². The Balaban J connectivity index is 1.84. The van der Waals surface area contributed by atoms with Crippen LogP contribution in [0, 0.1) is 0 Å². The van der Waals surface area contributed by atoms with Gasteiger partial charge in [-0.15, -0.1) is 0 Å². The van der Waals surface area contributed by atoms with Gasteiger partial charge in [-0.1, -0.05) is 0 Å². The van der Waals surface area contributed by atoms with E-state index in [0.717, 1.165) is 5.75 Å². The average molecular weight is 249 g/mol. The second kappa shape index (κ2) is 5.39. The maximum absolute atomic E-state index is 11.6. The van der Waals surface area contributed by atoms with E-state index in [1.165, 1.54) is 0 Å². The highest BCUT2D eigenvalue weighted by Crippen LogP contribution is 2.14. The van der Waals surface area contributed by atoms with Gasteiger partial charge >= 0.3 is 6.03 Å². The summed E-state index contributed by atoms with van der Waals surface area (Å²) in [5, 5.41) is 8.07.